The summed E-state index contributed by atoms with van der Waals surface area (Å²) in [6, 6.07) is 13.1. The van der Waals surface area contributed by atoms with Gasteiger partial charge in [-0.3, -0.25) is 9.59 Å². The van der Waals surface area contributed by atoms with Crippen molar-refractivity contribution < 1.29 is 19.1 Å². The molecule has 6 heteroatoms. The lowest BCUT2D eigenvalue weighted by atomic mass is 10.0. The average molecular weight is 396 g/mol. The Morgan fingerprint density at radius 1 is 1.17 bits per heavy atom. The first kappa shape index (κ1) is 20.7. The molecular formula is C23H28N2O4. The number of piperidine rings is 1. The molecule has 2 aromatic carbocycles. The molecule has 1 aliphatic rings. The molecular weight excluding hydrogens is 368 g/mol. The van der Waals surface area contributed by atoms with Crippen LogP contribution < -0.4 is 19.7 Å². The van der Waals surface area contributed by atoms with Gasteiger partial charge in [0.1, 0.15) is 11.5 Å². The van der Waals surface area contributed by atoms with Crippen molar-refractivity contribution in [2.24, 2.45) is 0 Å². The minimum atomic E-state index is -0.263. The Balaban J connectivity index is 1.66. The lowest BCUT2D eigenvalue weighted by Crippen LogP contribution is -2.35. The third-order valence-corrected chi connectivity index (χ3v) is 4.97. The van der Waals surface area contributed by atoms with Crippen LogP contribution in [0.2, 0.25) is 0 Å². The number of anilines is 2. The summed E-state index contributed by atoms with van der Waals surface area (Å²) in [6.45, 7) is 4.79. The minimum absolute atomic E-state index is 0.0754. The van der Waals surface area contributed by atoms with Crippen LogP contribution in [0, 0.1) is 0 Å². The van der Waals surface area contributed by atoms with Gasteiger partial charge in [0, 0.05) is 18.7 Å². The number of nitrogens with one attached hydrogen (secondary N) is 1. The number of methoxy groups -OCH3 is 1. The van der Waals surface area contributed by atoms with E-state index in [1.807, 2.05) is 24.3 Å². The summed E-state index contributed by atoms with van der Waals surface area (Å²) in [4.78, 5) is 26.4. The highest BCUT2D eigenvalue weighted by Gasteiger charge is 2.23. The van der Waals surface area contributed by atoms with Crippen molar-refractivity contribution in [3.63, 3.8) is 0 Å². The normalized spacial score (nSPS) is 14.1. The lowest BCUT2D eigenvalue weighted by Gasteiger charge is -2.28. The number of rotatable bonds is 7. The Bertz CT molecular complexity index is 879. The largest absolute Gasteiger partial charge is 0.495 e. The van der Waals surface area contributed by atoms with E-state index in [2.05, 4.69) is 19.2 Å². The summed E-state index contributed by atoms with van der Waals surface area (Å²) in [5.41, 5.74) is 2.44. The molecule has 0 aromatic heterocycles. The highest BCUT2D eigenvalue weighted by atomic mass is 16.5. The predicted molar refractivity (Wildman–Crippen MR) is 114 cm³/mol. The molecule has 1 saturated heterocycles. The zero-order chi connectivity index (χ0) is 20.8. The van der Waals surface area contributed by atoms with Gasteiger partial charge in [0.05, 0.1) is 12.8 Å². The fourth-order valence-electron chi connectivity index (χ4n) is 3.35. The van der Waals surface area contributed by atoms with Crippen LogP contribution in [0.15, 0.2) is 42.5 Å². The summed E-state index contributed by atoms with van der Waals surface area (Å²) in [6.07, 6.45) is 2.39. The second kappa shape index (κ2) is 9.45. The summed E-state index contributed by atoms with van der Waals surface area (Å²) < 4.78 is 11.0. The van der Waals surface area contributed by atoms with E-state index in [9.17, 15) is 9.59 Å². The molecule has 1 fully saturated rings. The van der Waals surface area contributed by atoms with Gasteiger partial charge in [-0.15, -0.1) is 0 Å². The molecule has 0 spiro atoms. The first-order valence-electron chi connectivity index (χ1n) is 9.99. The maximum absolute atomic E-state index is 12.4. The Labute approximate surface area is 171 Å². The quantitative estimate of drug-likeness (QED) is 0.755. The topological polar surface area (TPSA) is 67.9 Å². The van der Waals surface area contributed by atoms with Crippen molar-refractivity contribution in [3.8, 4) is 11.5 Å². The van der Waals surface area contributed by atoms with E-state index in [1.54, 1.807) is 30.2 Å². The Kier molecular flexibility index (Phi) is 6.75. The third kappa shape index (κ3) is 5.28. The van der Waals surface area contributed by atoms with Gasteiger partial charge >= 0.3 is 0 Å². The standard InChI is InChI=1S/C23H28N2O4/c1-16(2)17-7-6-8-19(13-17)29-15-22(26)24-18-10-11-21(28-3)20(14-18)25-12-5-4-9-23(25)27/h6-8,10-11,13-14,16H,4-5,9,12,15H2,1-3H3,(H,24,26). The van der Waals surface area contributed by atoms with E-state index in [1.165, 1.54) is 0 Å². The smallest absolute Gasteiger partial charge is 0.262 e. The molecule has 154 valence electrons. The van der Waals surface area contributed by atoms with Crippen LogP contribution in [-0.2, 0) is 9.59 Å². The van der Waals surface area contributed by atoms with Gasteiger partial charge in [0.15, 0.2) is 6.61 Å². The Hall–Kier alpha value is -3.02. The van der Waals surface area contributed by atoms with Crippen LogP contribution in [0.5, 0.6) is 11.5 Å². The number of carbonyl (C=O) groups is 2. The lowest BCUT2D eigenvalue weighted by molar-refractivity contribution is -0.119. The van der Waals surface area contributed by atoms with Crippen molar-refractivity contribution in [1.82, 2.24) is 0 Å². The van der Waals surface area contributed by atoms with E-state index in [4.69, 9.17) is 9.47 Å². The number of amides is 2. The number of nitrogens with zero attached hydrogens (tertiary/aromatic N) is 1. The highest BCUT2D eigenvalue weighted by molar-refractivity contribution is 5.97. The molecule has 6 nitrogen and oxygen atoms in total. The third-order valence-electron chi connectivity index (χ3n) is 4.97. The minimum Gasteiger partial charge on any atom is -0.495 e. The van der Waals surface area contributed by atoms with E-state index in [0.717, 1.165) is 18.4 Å². The van der Waals surface area contributed by atoms with Gasteiger partial charge in [-0.2, -0.15) is 0 Å². The van der Waals surface area contributed by atoms with Gasteiger partial charge < -0.3 is 19.7 Å². The number of hydrogen-bond donors (Lipinski definition) is 1. The molecule has 1 heterocycles. The van der Waals surface area contributed by atoms with Gasteiger partial charge in [-0.25, -0.2) is 0 Å². The fourth-order valence-corrected chi connectivity index (χ4v) is 3.35. The van der Waals surface area contributed by atoms with Crippen LogP contribution >= 0.6 is 0 Å². The van der Waals surface area contributed by atoms with Crippen LogP contribution in [-0.4, -0.2) is 32.1 Å². The summed E-state index contributed by atoms with van der Waals surface area (Å²) >= 11 is 0. The number of ether oxygens (including phenoxy) is 2. The highest BCUT2D eigenvalue weighted by Crippen LogP contribution is 2.33. The molecule has 0 aliphatic carbocycles. The summed E-state index contributed by atoms with van der Waals surface area (Å²) in [5, 5.41) is 2.84. The first-order valence-corrected chi connectivity index (χ1v) is 9.99. The molecule has 0 unspecified atom stereocenters. The van der Waals surface area contributed by atoms with E-state index >= 15 is 0 Å². The van der Waals surface area contributed by atoms with Crippen molar-refractivity contribution in [2.75, 3.05) is 30.5 Å². The molecule has 1 N–H and O–H groups in total. The molecule has 29 heavy (non-hydrogen) atoms. The van der Waals surface area contributed by atoms with Crippen molar-refractivity contribution in [3.05, 3.63) is 48.0 Å². The van der Waals surface area contributed by atoms with Crippen LogP contribution in [0.25, 0.3) is 0 Å². The molecule has 0 radical (unpaired) electrons. The molecule has 0 bridgehead atoms. The first-order chi connectivity index (χ1) is 14.0. The fraction of sp³-hybridized carbons (Fsp3) is 0.391. The molecule has 0 saturated carbocycles. The number of hydrogen-bond acceptors (Lipinski definition) is 4. The molecule has 2 aromatic rings. The van der Waals surface area contributed by atoms with Crippen LogP contribution in [0.1, 0.15) is 44.6 Å². The van der Waals surface area contributed by atoms with Crippen LogP contribution in [0.4, 0.5) is 11.4 Å². The van der Waals surface area contributed by atoms with E-state index < -0.39 is 0 Å². The Morgan fingerprint density at radius 2 is 2.00 bits per heavy atom. The second-order valence-electron chi connectivity index (χ2n) is 7.45. The Morgan fingerprint density at radius 3 is 2.72 bits per heavy atom. The van der Waals surface area contributed by atoms with Crippen LogP contribution in [0.3, 0.4) is 0 Å². The second-order valence-corrected chi connectivity index (χ2v) is 7.45. The average Bonchev–Trinajstić information content (AvgIpc) is 2.73. The summed E-state index contributed by atoms with van der Waals surface area (Å²) in [5.74, 6) is 1.48. The van der Waals surface area contributed by atoms with Gasteiger partial charge in [0.25, 0.3) is 5.91 Å². The van der Waals surface area contributed by atoms with Crippen molar-refractivity contribution in [2.45, 2.75) is 39.0 Å². The van der Waals surface area contributed by atoms with Crippen molar-refractivity contribution >= 4 is 23.2 Å². The van der Waals surface area contributed by atoms with Gasteiger partial charge in [-0.1, -0.05) is 26.0 Å². The number of carbonyl (C=O) groups excluding carboxylic acids is 2. The summed E-state index contributed by atoms with van der Waals surface area (Å²) in [7, 11) is 1.57. The SMILES string of the molecule is COc1ccc(NC(=O)COc2cccc(C(C)C)c2)cc1N1CCCCC1=O. The predicted octanol–water partition coefficient (Wildman–Crippen LogP) is 4.35. The number of benzene rings is 2. The molecule has 3 rings (SSSR count). The maximum Gasteiger partial charge on any atom is 0.262 e. The maximum atomic E-state index is 12.4. The molecule has 2 amide bonds. The molecule has 1 aliphatic heterocycles. The zero-order valence-corrected chi connectivity index (χ0v) is 17.2. The van der Waals surface area contributed by atoms with Crippen molar-refractivity contribution in [1.29, 1.82) is 0 Å². The molecule has 0 atom stereocenters. The van der Waals surface area contributed by atoms with E-state index in [0.29, 0.717) is 41.8 Å². The van der Waals surface area contributed by atoms with Gasteiger partial charge in [-0.05, 0) is 54.7 Å². The van der Waals surface area contributed by atoms with Gasteiger partial charge in [0.2, 0.25) is 5.91 Å². The van der Waals surface area contributed by atoms with E-state index in [-0.39, 0.29) is 18.4 Å². The monoisotopic (exact) mass is 396 g/mol. The zero-order valence-electron chi connectivity index (χ0n) is 17.2.